The number of phenols is 1. The molecule has 98 valence electrons. The van der Waals surface area contributed by atoms with Crippen LogP contribution in [0.2, 0.25) is 0 Å². The highest BCUT2D eigenvalue weighted by Gasteiger charge is 2.13. The van der Waals surface area contributed by atoms with E-state index in [9.17, 15) is 9.90 Å². The van der Waals surface area contributed by atoms with Crippen molar-refractivity contribution in [1.29, 1.82) is 0 Å². The summed E-state index contributed by atoms with van der Waals surface area (Å²) >= 11 is 0. The minimum atomic E-state index is -0.566. The predicted molar refractivity (Wildman–Crippen MR) is 70.2 cm³/mol. The zero-order valence-electron chi connectivity index (χ0n) is 10.5. The van der Waals surface area contributed by atoms with Gasteiger partial charge in [-0.2, -0.15) is 0 Å². The second kappa shape index (κ2) is 5.91. The normalized spacial score (nSPS) is 9.95. The third kappa shape index (κ3) is 3.25. The minimum Gasteiger partial charge on any atom is -0.507 e. The van der Waals surface area contributed by atoms with Crippen molar-refractivity contribution < 1.29 is 19.4 Å². The SMILES string of the molecule is COc1ccc(C(=O)OCc2ccccc2)c(O)c1. The standard InChI is InChI=1S/C15H14O4/c1-18-12-7-8-13(14(16)9-12)15(17)19-10-11-5-3-2-4-6-11/h2-9,16H,10H2,1H3. The van der Waals surface area contributed by atoms with Crippen LogP contribution in [0.4, 0.5) is 0 Å². The maximum absolute atomic E-state index is 11.8. The van der Waals surface area contributed by atoms with Crippen molar-refractivity contribution in [3.63, 3.8) is 0 Å². The summed E-state index contributed by atoms with van der Waals surface area (Å²) in [7, 11) is 1.49. The number of methoxy groups -OCH3 is 1. The molecule has 0 heterocycles. The number of rotatable bonds is 4. The number of carbonyl (C=O) groups is 1. The van der Waals surface area contributed by atoms with Crippen LogP contribution in [0.25, 0.3) is 0 Å². The van der Waals surface area contributed by atoms with E-state index >= 15 is 0 Å². The lowest BCUT2D eigenvalue weighted by molar-refractivity contribution is 0.0469. The van der Waals surface area contributed by atoms with Crippen LogP contribution in [0.5, 0.6) is 11.5 Å². The molecule has 4 heteroatoms. The first-order valence-electron chi connectivity index (χ1n) is 5.79. The van der Waals surface area contributed by atoms with E-state index in [1.54, 1.807) is 6.07 Å². The van der Waals surface area contributed by atoms with Crippen LogP contribution in [-0.4, -0.2) is 18.2 Å². The van der Waals surface area contributed by atoms with Crippen LogP contribution in [-0.2, 0) is 11.3 Å². The largest absolute Gasteiger partial charge is 0.507 e. The highest BCUT2D eigenvalue weighted by atomic mass is 16.5. The quantitative estimate of drug-likeness (QED) is 0.857. The molecule has 0 amide bonds. The van der Waals surface area contributed by atoms with Gasteiger partial charge in [0.25, 0.3) is 0 Å². The number of hydrogen-bond donors (Lipinski definition) is 1. The Labute approximate surface area is 111 Å². The van der Waals surface area contributed by atoms with E-state index in [1.165, 1.54) is 19.2 Å². The van der Waals surface area contributed by atoms with Gasteiger partial charge in [0.15, 0.2) is 0 Å². The molecule has 0 atom stereocenters. The molecule has 0 fully saturated rings. The zero-order chi connectivity index (χ0) is 13.7. The Morgan fingerprint density at radius 3 is 2.53 bits per heavy atom. The number of phenolic OH excluding ortho intramolecular Hbond substituents is 1. The number of hydrogen-bond acceptors (Lipinski definition) is 4. The molecule has 2 rings (SSSR count). The fraction of sp³-hybridized carbons (Fsp3) is 0.133. The van der Waals surface area contributed by atoms with E-state index < -0.39 is 5.97 Å². The molecule has 0 saturated heterocycles. The van der Waals surface area contributed by atoms with Gasteiger partial charge in [0.05, 0.1) is 7.11 Å². The Morgan fingerprint density at radius 1 is 1.16 bits per heavy atom. The Balaban J connectivity index is 2.04. The van der Waals surface area contributed by atoms with E-state index in [0.29, 0.717) is 5.75 Å². The first-order valence-corrected chi connectivity index (χ1v) is 5.79. The lowest BCUT2D eigenvalue weighted by atomic mass is 10.2. The van der Waals surface area contributed by atoms with Gasteiger partial charge in [-0.1, -0.05) is 30.3 Å². The predicted octanol–water partition coefficient (Wildman–Crippen LogP) is 2.76. The van der Waals surface area contributed by atoms with Crippen molar-refractivity contribution in [2.75, 3.05) is 7.11 Å². The summed E-state index contributed by atoms with van der Waals surface area (Å²) in [5, 5.41) is 9.71. The average molecular weight is 258 g/mol. The molecule has 0 aliphatic heterocycles. The van der Waals surface area contributed by atoms with Crippen LogP contribution in [0.15, 0.2) is 48.5 Å². The molecule has 0 aliphatic carbocycles. The number of aromatic hydroxyl groups is 1. The van der Waals surface area contributed by atoms with E-state index in [0.717, 1.165) is 5.56 Å². The van der Waals surface area contributed by atoms with Gasteiger partial charge in [0.2, 0.25) is 0 Å². The summed E-state index contributed by atoms with van der Waals surface area (Å²) in [6.45, 7) is 0.172. The van der Waals surface area contributed by atoms with Gasteiger partial charge >= 0.3 is 5.97 Å². The topological polar surface area (TPSA) is 55.8 Å². The van der Waals surface area contributed by atoms with E-state index in [-0.39, 0.29) is 17.9 Å². The van der Waals surface area contributed by atoms with Gasteiger partial charge in [-0.05, 0) is 17.7 Å². The first kappa shape index (κ1) is 13.0. The molecule has 2 aromatic carbocycles. The number of esters is 1. The molecule has 0 unspecified atom stereocenters. The van der Waals surface area contributed by atoms with Gasteiger partial charge in [0, 0.05) is 6.07 Å². The second-order valence-corrected chi connectivity index (χ2v) is 3.94. The van der Waals surface area contributed by atoms with Crippen LogP contribution in [0.3, 0.4) is 0 Å². The molecule has 0 saturated carbocycles. The molecule has 0 aromatic heterocycles. The fourth-order valence-electron chi connectivity index (χ4n) is 1.61. The Kier molecular flexibility index (Phi) is 4.03. The van der Waals surface area contributed by atoms with Gasteiger partial charge in [-0.3, -0.25) is 0 Å². The van der Waals surface area contributed by atoms with Crippen molar-refractivity contribution in [3.8, 4) is 11.5 Å². The molecule has 0 bridgehead atoms. The lowest BCUT2D eigenvalue weighted by Gasteiger charge is -2.07. The monoisotopic (exact) mass is 258 g/mol. The molecular formula is C15H14O4. The van der Waals surface area contributed by atoms with Crippen molar-refractivity contribution in [3.05, 3.63) is 59.7 Å². The molecule has 2 aromatic rings. The highest BCUT2D eigenvalue weighted by molar-refractivity contribution is 5.92. The maximum atomic E-state index is 11.8. The zero-order valence-corrected chi connectivity index (χ0v) is 10.5. The molecule has 0 spiro atoms. The van der Waals surface area contributed by atoms with E-state index in [1.807, 2.05) is 30.3 Å². The van der Waals surface area contributed by atoms with Gasteiger partial charge < -0.3 is 14.6 Å². The summed E-state index contributed by atoms with van der Waals surface area (Å²) in [5.74, 6) is -0.237. The second-order valence-electron chi connectivity index (χ2n) is 3.94. The molecule has 1 N–H and O–H groups in total. The fourth-order valence-corrected chi connectivity index (χ4v) is 1.61. The number of benzene rings is 2. The van der Waals surface area contributed by atoms with Gasteiger partial charge in [-0.15, -0.1) is 0 Å². The van der Waals surface area contributed by atoms with Crippen molar-refractivity contribution in [2.24, 2.45) is 0 Å². The van der Waals surface area contributed by atoms with Crippen molar-refractivity contribution in [1.82, 2.24) is 0 Å². The van der Waals surface area contributed by atoms with Gasteiger partial charge in [-0.25, -0.2) is 4.79 Å². The van der Waals surface area contributed by atoms with Crippen LogP contribution >= 0.6 is 0 Å². The van der Waals surface area contributed by atoms with Crippen molar-refractivity contribution >= 4 is 5.97 Å². The average Bonchev–Trinajstić information content (AvgIpc) is 2.45. The summed E-state index contributed by atoms with van der Waals surface area (Å²) in [6.07, 6.45) is 0. The smallest absolute Gasteiger partial charge is 0.342 e. The lowest BCUT2D eigenvalue weighted by Crippen LogP contribution is -2.05. The summed E-state index contributed by atoms with van der Waals surface area (Å²) < 4.78 is 10.1. The number of ether oxygens (including phenoxy) is 2. The van der Waals surface area contributed by atoms with Gasteiger partial charge in [0.1, 0.15) is 23.7 Å². The van der Waals surface area contributed by atoms with Crippen LogP contribution in [0.1, 0.15) is 15.9 Å². The van der Waals surface area contributed by atoms with Crippen LogP contribution < -0.4 is 4.74 Å². The van der Waals surface area contributed by atoms with Crippen LogP contribution in [0, 0.1) is 0 Å². The minimum absolute atomic E-state index is 0.122. The Hall–Kier alpha value is -2.49. The molecule has 0 aliphatic rings. The summed E-state index contributed by atoms with van der Waals surface area (Å²) in [4.78, 5) is 11.8. The molecule has 19 heavy (non-hydrogen) atoms. The molecule has 4 nitrogen and oxygen atoms in total. The first-order chi connectivity index (χ1) is 9.20. The Morgan fingerprint density at radius 2 is 1.89 bits per heavy atom. The molecule has 0 radical (unpaired) electrons. The van der Waals surface area contributed by atoms with E-state index in [2.05, 4.69) is 0 Å². The molecular weight excluding hydrogens is 244 g/mol. The summed E-state index contributed by atoms with van der Waals surface area (Å²) in [5.41, 5.74) is 1.01. The van der Waals surface area contributed by atoms with E-state index in [4.69, 9.17) is 9.47 Å². The maximum Gasteiger partial charge on any atom is 0.342 e. The highest BCUT2D eigenvalue weighted by Crippen LogP contribution is 2.24. The Bertz CT molecular complexity index is 564. The third-order valence-corrected chi connectivity index (χ3v) is 2.64. The summed E-state index contributed by atoms with van der Waals surface area (Å²) in [6, 6.07) is 13.8. The third-order valence-electron chi connectivity index (χ3n) is 2.64. The number of carbonyl (C=O) groups excluding carboxylic acids is 1. The van der Waals surface area contributed by atoms with Crippen molar-refractivity contribution in [2.45, 2.75) is 6.61 Å².